The summed E-state index contributed by atoms with van der Waals surface area (Å²) in [7, 11) is -23.0. The Balaban J connectivity index is 2.78. The molecule has 2 aliphatic carbocycles. The summed E-state index contributed by atoms with van der Waals surface area (Å²) in [6.45, 7) is 0. The van der Waals surface area contributed by atoms with Crippen molar-refractivity contribution in [1.82, 2.24) is 0 Å². The van der Waals surface area contributed by atoms with E-state index < -0.39 is 61.4 Å². The van der Waals surface area contributed by atoms with Crippen molar-refractivity contribution < 1.29 is 51.6 Å². The van der Waals surface area contributed by atoms with Crippen molar-refractivity contribution >= 4 is 39.9 Å². The summed E-state index contributed by atoms with van der Waals surface area (Å²) in [5, 5.41) is -2.98. The first-order valence-corrected chi connectivity index (χ1v) is 15.7. The average molecular weight is 571 g/mol. The Morgan fingerprint density at radius 2 is 0.818 bits per heavy atom. The van der Waals surface area contributed by atoms with E-state index >= 15 is 0 Å². The number of halogens is 6. The largest absolute Gasteiger partial charge is 0.519 e. The van der Waals surface area contributed by atoms with Crippen LogP contribution in [0.3, 0.4) is 0 Å². The van der Waals surface area contributed by atoms with Crippen LogP contribution in [0.4, 0.5) is 26.3 Å². The fourth-order valence-corrected chi connectivity index (χ4v) is 12.2. The summed E-state index contributed by atoms with van der Waals surface area (Å²) in [6.07, 6.45) is 1.50. The number of rotatable bonds is 6. The number of hydrogen-bond acceptors (Lipinski definition) is 6. The van der Waals surface area contributed by atoms with Gasteiger partial charge in [-0.3, -0.25) is 8.42 Å². The van der Waals surface area contributed by atoms with Crippen LogP contribution in [0.1, 0.15) is 64.2 Å². The lowest BCUT2D eigenvalue weighted by Gasteiger charge is -2.39. The van der Waals surface area contributed by atoms with Gasteiger partial charge in [-0.2, -0.15) is 43.2 Å². The molecule has 0 saturated heterocycles. The van der Waals surface area contributed by atoms with Gasteiger partial charge in [0.25, 0.3) is 0 Å². The first-order valence-electron chi connectivity index (χ1n) is 9.74. The Morgan fingerprint density at radius 3 is 1.06 bits per heavy atom. The molecule has 2 saturated carbocycles. The smallest absolute Gasteiger partial charge is 0.469 e. The maximum absolute atomic E-state index is 13.5. The Kier molecular flexibility index (Phi) is 8.46. The number of alkyl halides is 6. The highest BCUT2D eigenvalue weighted by Gasteiger charge is 2.48. The SMILES string of the molecule is O=S(=O)(N=S(=O)([N-]S(=O)(=NS(=O)(=O)C(F)(F)F)C1CCCCC1)C1CCCCC1)C(F)(F)F. The van der Waals surface area contributed by atoms with Crippen LogP contribution in [0.5, 0.6) is 0 Å². The maximum atomic E-state index is 13.5. The summed E-state index contributed by atoms with van der Waals surface area (Å²) in [5.74, 6) is 0. The van der Waals surface area contributed by atoms with Crippen LogP contribution in [0.25, 0.3) is 4.13 Å². The van der Waals surface area contributed by atoms with Crippen LogP contribution in [-0.2, 0) is 39.9 Å². The summed E-state index contributed by atoms with van der Waals surface area (Å²) < 4.78 is 159. The third-order valence-corrected chi connectivity index (χ3v) is 14.0. The van der Waals surface area contributed by atoms with Gasteiger partial charge in [-0.15, -0.1) is 7.54 Å². The quantitative estimate of drug-likeness (QED) is 0.431. The van der Waals surface area contributed by atoms with E-state index in [4.69, 9.17) is 0 Å². The molecule has 0 aliphatic heterocycles. The molecule has 33 heavy (non-hydrogen) atoms. The second kappa shape index (κ2) is 9.77. The molecule has 2 rings (SSSR count). The minimum atomic E-state index is -6.46. The van der Waals surface area contributed by atoms with Crippen molar-refractivity contribution in [3.05, 3.63) is 4.13 Å². The molecular formula is C14H22F6N3O6S4-. The third-order valence-electron chi connectivity index (χ3n) is 5.18. The second-order valence-corrected chi connectivity index (χ2v) is 15.8. The summed E-state index contributed by atoms with van der Waals surface area (Å²) in [4.78, 5) is 0. The van der Waals surface area contributed by atoms with E-state index in [1.807, 2.05) is 0 Å². The molecule has 0 radical (unpaired) electrons. The molecule has 9 nitrogen and oxygen atoms in total. The lowest BCUT2D eigenvalue weighted by Crippen LogP contribution is -2.33. The van der Waals surface area contributed by atoms with Crippen LogP contribution < -0.4 is 0 Å². The van der Waals surface area contributed by atoms with Crippen molar-refractivity contribution in [2.45, 2.75) is 85.7 Å². The summed E-state index contributed by atoms with van der Waals surface area (Å²) >= 11 is 0. The molecule has 0 aromatic carbocycles. The van der Waals surface area contributed by atoms with Gasteiger partial charge in [-0.05, 0) is 45.5 Å². The van der Waals surface area contributed by atoms with Gasteiger partial charge in [-0.25, -0.2) is 0 Å². The van der Waals surface area contributed by atoms with Gasteiger partial charge in [0.1, 0.15) is 0 Å². The molecule has 0 spiro atoms. The molecule has 2 fully saturated rings. The first kappa shape index (κ1) is 28.6. The predicted molar refractivity (Wildman–Crippen MR) is 108 cm³/mol. The fourth-order valence-electron chi connectivity index (χ4n) is 3.53. The molecular weight excluding hydrogens is 548 g/mol. The first-order chi connectivity index (χ1) is 14.8. The van der Waals surface area contributed by atoms with Crippen LogP contribution in [-0.4, -0.2) is 46.8 Å². The van der Waals surface area contributed by atoms with Gasteiger partial charge in [0.2, 0.25) is 0 Å². The number of nitrogens with zero attached hydrogens (tertiary/aromatic N) is 3. The predicted octanol–water partition coefficient (Wildman–Crippen LogP) is 4.49. The number of hydrogen-bond donors (Lipinski definition) is 0. The minimum Gasteiger partial charge on any atom is -0.469 e. The lowest BCUT2D eigenvalue weighted by molar-refractivity contribution is -0.0440. The molecule has 0 aromatic heterocycles. The molecule has 196 valence electrons. The van der Waals surface area contributed by atoms with E-state index in [1.165, 1.54) is 0 Å². The van der Waals surface area contributed by atoms with E-state index in [2.05, 4.69) is 11.7 Å². The third kappa shape index (κ3) is 6.72. The van der Waals surface area contributed by atoms with Crippen molar-refractivity contribution in [2.24, 2.45) is 7.54 Å². The van der Waals surface area contributed by atoms with E-state index in [0.717, 1.165) is 0 Å². The average Bonchev–Trinajstić information content (AvgIpc) is 2.66. The normalized spacial score (nSPS) is 23.9. The van der Waals surface area contributed by atoms with Gasteiger partial charge >= 0.3 is 31.1 Å². The molecule has 2 aliphatic rings. The van der Waals surface area contributed by atoms with Gasteiger partial charge in [0, 0.05) is 10.5 Å². The van der Waals surface area contributed by atoms with E-state index in [-0.39, 0.29) is 51.4 Å². The zero-order valence-corrected chi connectivity index (χ0v) is 20.2. The van der Waals surface area contributed by atoms with E-state index in [1.54, 1.807) is 0 Å². The molecule has 0 amide bonds. The zero-order chi connectivity index (χ0) is 25.3. The Morgan fingerprint density at radius 1 is 0.545 bits per heavy atom. The van der Waals surface area contributed by atoms with Crippen LogP contribution >= 0.6 is 0 Å². The molecule has 2 unspecified atom stereocenters. The van der Waals surface area contributed by atoms with Crippen molar-refractivity contribution in [3.63, 3.8) is 0 Å². The molecule has 19 heteroatoms. The highest BCUT2D eigenvalue weighted by molar-refractivity contribution is 8.19. The molecule has 0 heterocycles. The van der Waals surface area contributed by atoms with Gasteiger partial charge in [0.05, 0.1) is 0 Å². The van der Waals surface area contributed by atoms with Crippen LogP contribution in [0, 0.1) is 0 Å². The molecule has 2 atom stereocenters. The highest BCUT2D eigenvalue weighted by Crippen LogP contribution is 2.39. The van der Waals surface area contributed by atoms with E-state index in [9.17, 15) is 51.6 Å². The Labute approximate surface area is 188 Å². The van der Waals surface area contributed by atoms with Crippen molar-refractivity contribution in [2.75, 3.05) is 0 Å². The topological polar surface area (TPSA) is 141 Å². The lowest BCUT2D eigenvalue weighted by atomic mass is 10.0. The zero-order valence-electron chi connectivity index (χ0n) is 16.9. The van der Waals surface area contributed by atoms with Crippen LogP contribution in [0.15, 0.2) is 7.54 Å². The van der Waals surface area contributed by atoms with Gasteiger partial charge in [0.15, 0.2) is 0 Å². The molecule has 0 aromatic rings. The highest BCUT2D eigenvalue weighted by atomic mass is 32.3. The van der Waals surface area contributed by atoms with Crippen molar-refractivity contribution in [3.8, 4) is 0 Å². The summed E-state index contributed by atoms with van der Waals surface area (Å²) in [5.41, 5.74) is -12.0. The molecule has 0 bridgehead atoms. The minimum absolute atomic E-state index is 0.161. The van der Waals surface area contributed by atoms with Crippen molar-refractivity contribution in [1.29, 1.82) is 0 Å². The Hall–Kier alpha value is -0.660. The monoisotopic (exact) mass is 570 g/mol. The standard InChI is InChI=1S/C14H22F6N3O6S4/c15-13(16,17)32(26,27)22-30(24,11-7-3-1-4-8-11)21-31(25,12-9-5-2-6-10-12)23-33(28,29)14(18,19)20/h11-12H,1-10H2/q-1. The van der Waals surface area contributed by atoms with Gasteiger partial charge in [-0.1, -0.05) is 38.5 Å². The maximum Gasteiger partial charge on any atom is 0.519 e. The fraction of sp³-hybridized carbons (Fsp3) is 1.00. The summed E-state index contributed by atoms with van der Waals surface area (Å²) in [6, 6.07) is 0. The Bertz CT molecular complexity index is 1070. The molecule has 0 N–H and O–H groups in total. The number of sulfonamides is 2. The van der Waals surface area contributed by atoms with Gasteiger partial charge < -0.3 is 4.13 Å². The van der Waals surface area contributed by atoms with Crippen LogP contribution in [0.2, 0.25) is 0 Å². The van der Waals surface area contributed by atoms with E-state index in [0.29, 0.717) is 12.8 Å². The second-order valence-electron chi connectivity index (χ2n) is 7.66.